The van der Waals surface area contributed by atoms with Crippen molar-refractivity contribution >= 4 is 5.78 Å². The summed E-state index contributed by atoms with van der Waals surface area (Å²) in [7, 11) is 0. The molecular formula is C11H15NO3. The van der Waals surface area contributed by atoms with E-state index < -0.39 is 6.10 Å². The molecule has 15 heavy (non-hydrogen) atoms. The molecule has 1 atom stereocenters. The van der Waals surface area contributed by atoms with Crippen LogP contribution in [0.3, 0.4) is 0 Å². The van der Waals surface area contributed by atoms with Crippen molar-refractivity contribution in [2.45, 2.75) is 45.1 Å². The van der Waals surface area contributed by atoms with Crippen LogP contribution >= 0.6 is 0 Å². The predicted molar refractivity (Wildman–Crippen MR) is 53.9 cm³/mol. The van der Waals surface area contributed by atoms with Gasteiger partial charge < -0.3 is 9.52 Å². The Balaban J connectivity index is 2.44. The zero-order valence-corrected chi connectivity index (χ0v) is 9.20. The van der Waals surface area contributed by atoms with Crippen LogP contribution in [0.5, 0.6) is 0 Å². The molecule has 0 aliphatic heterocycles. The molecule has 1 heterocycles. The molecule has 0 fully saturated rings. The Labute approximate surface area is 88.3 Å². The van der Waals surface area contributed by atoms with Crippen LogP contribution in [0.1, 0.15) is 49.3 Å². The van der Waals surface area contributed by atoms with E-state index in [0.717, 1.165) is 0 Å². The van der Waals surface area contributed by atoms with E-state index in [0.29, 0.717) is 23.8 Å². The second kappa shape index (κ2) is 3.17. The first kappa shape index (κ1) is 10.4. The summed E-state index contributed by atoms with van der Waals surface area (Å²) in [5.74, 6) is 0.756. The van der Waals surface area contributed by atoms with Crippen molar-refractivity contribution < 1.29 is 14.3 Å². The van der Waals surface area contributed by atoms with Gasteiger partial charge in [0, 0.05) is 18.3 Å². The normalized spacial score (nSPS) is 21.6. The zero-order valence-electron chi connectivity index (χ0n) is 9.20. The minimum atomic E-state index is -0.608. The van der Waals surface area contributed by atoms with Gasteiger partial charge in [-0.15, -0.1) is 0 Å². The average molecular weight is 209 g/mol. The number of hydrogen-bond acceptors (Lipinski definition) is 4. The molecule has 82 valence electrons. The maximum absolute atomic E-state index is 11.5. The van der Waals surface area contributed by atoms with E-state index in [1.807, 2.05) is 20.8 Å². The number of aliphatic hydroxyl groups is 1. The van der Waals surface area contributed by atoms with Crippen molar-refractivity contribution in [3.63, 3.8) is 0 Å². The average Bonchev–Trinajstić information content (AvgIpc) is 2.46. The summed E-state index contributed by atoms with van der Waals surface area (Å²) in [5.41, 5.74) is 0.395. The highest BCUT2D eigenvalue weighted by Crippen LogP contribution is 2.28. The van der Waals surface area contributed by atoms with Crippen LogP contribution in [0.25, 0.3) is 0 Å². The summed E-state index contributed by atoms with van der Waals surface area (Å²) < 4.78 is 5.46. The van der Waals surface area contributed by atoms with Gasteiger partial charge in [0.15, 0.2) is 5.76 Å². The number of aromatic nitrogens is 1. The second-order valence-electron chi connectivity index (χ2n) is 5.03. The Morgan fingerprint density at radius 1 is 1.40 bits per heavy atom. The van der Waals surface area contributed by atoms with E-state index in [2.05, 4.69) is 4.98 Å². The highest BCUT2D eigenvalue weighted by molar-refractivity contribution is 5.95. The van der Waals surface area contributed by atoms with Gasteiger partial charge in [0.2, 0.25) is 11.7 Å². The lowest BCUT2D eigenvalue weighted by Crippen LogP contribution is -2.23. The number of ketones is 1. The fourth-order valence-corrected chi connectivity index (χ4v) is 1.63. The molecule has 4 nitrogen and oxygen atoms in total. The van der Waals surface area contributed by atoms with Crippen LogP contribution in [-0.2, 0) is 11.8 Å². The standard InChI is InChI=1S/C11H15NO3/c1-11(2,3)10-12-7-4-6(13)5-8(14)9(7)15-10/h6,13H,4-5H2,1-3H3. The minimum Gasteiger partial charge on any atom is -0.437 e. The third kappa shape index (κ3) is 1.81. The maximum Gasteiger partial charge on any atom is 0.202 e. The molecule has 1 unspecified atom stereocenters. The van der Waals surface area contributed by atoms with Crippen LogP contribution in [0.4, 0.5) is 0 Å². The van der Waals surface area contributed by atoms with Crippen molar-refractivity contribution in [1.29, 1.82) is 0 Å². The molecule has 4 heteroatoms. The Kier molecular flexibility index (Phi) is 2.19. The molecule has 1 aliphatic carbocycles. The number of carbonyl (C=O) groups excluding carboxylic acids is 1. The minimum absolute atomic E-state index is 0.145. The molecule has 0 saturated heterocycles. The molecule has 1 aromatic heterocycles. The molecule has 0 bridgehead atoms. The lowest BCUT2D eigenvalue weighted by molar-refractivity contribution is 0.0817. The highest BCUT2D eigenvalue weighted by atomic mass is 16.4. The van der Waals surface area contributed by atoms with Crippen LogP contribution in [0.2, 0.25) is 0 Å². The lowest BCUT2D eigenvalue weighted by Gasteiger charge is -2.12. The first-order chi connectivity index (χ1) is 6.88. The number of carbonyl (C=O) groups is 1. The molecule has 0 spiro atoms. The fourth-order valence-electron chi connectivity index (χ4n) is 1.63. The van der Waals surface area contributed by atoms with Crippen LogP contribution in [-0.4, -0.2) is 22.0 Å². The highest BCUT2D eigenvalue weighted by Gasteiger charge is 2.32. The van der Waals surface area contributed by atoms with E-state index in [-0.39, 0.29) is 17.6 Å². The van der Waals surface area contributed by atoms with Gasteiger partial charge in [-0.1, -0.05) is 20.8 Å². The van der Waals surface area contributed by atoms with Gasteiger partial charge in [-0.3, -0.25) is 4.79 Å². The van der Waals surface area contributed by atoms with E-state index in [9.17, 15) is 9.90 Å². The lowest BCUT2D eigenvalue weighted by atomic mass is 9.97. The SMILES string of the molecule is CC(C)(C)c1nc2c(o1)C(=O)CC(O)C2. The Morgan fingerprint density at radius 2 is 2.07 bits per heavy atom. The van der Waals surface area contributed by atoms with E-state index in [1.54, 1.807) is 0 Å². The Bertz CT molecular complexity index is 400. The van der Waals surface area contributed by atoms with Gasteiger partial charge in [0.1, 0.15) is 0 Å². The molecule has 0 radical (unpaired) electrons. The van der Waals surface area contributed by atoms with Gasteiger partial charge in [-0.25, -0.2) is 4.98 Å². The third-order valence-electron chi connectivity index (χ3n) is 2.44. The number of nitrogens with zero attached hydrogens (tertiary/aromatic N) is 1. The van der Waals surface area contributed by atoms with Crippen LogP contribution in [0.15, 0.2) is 4.42 Å². The number of fused-ring (bicyclic) bond motifs is 1. The van der Waals surface area contributed by atoms with Crippen molar-refractivity contribution in [3.8, 4) is 0 Å². The summed E-state index contributed by atoms with van der Waals surface area (Å²) in [4.78, 5) is 15.8. The van der Waals surface area contributed by atoms with Gasteiger partial charge in [0.05, 0.1) is 11.8 Å². The number of Topliss-reactive ketones (excluding diaryl/α,β-unsaturated/α-hetero) is 1. The first-order valence-corrected chi connectivity index (χ1v) is 5.09. The smallest absolute Gasteiger partial charge is 0.202 e. The van der Waals surface area contributed by atoms with E-state index in [1.165, 1.54) is 0 Å². The monoisotopic (exact) mass is 209 g/mol. The molecule has 1 aromatic rings. The number of oxazole rings is 1. The van der Waals surface area contributed by atoms with Crippen LogP contribution in [0, 0.1) is 0 Å². The van der Waals surface area contributed by atoms with Gasteiger partial charge in [-0.05, 0) is 0 Å². The van der Waals surface area contributed by atoms with Crippen molar-refractivity contribution in [1.82, 2.24) is 4.98 Å². The van der Waals surface area contributed by atoms with E-state index in [4.69, 9.17) is 4.42 Å². The molecular weight excluding hydrogens is 194 g/mol. The van der Waals surface area contributed by atoms with E-state index >= 15 is 0 Å². The van der Waals surface area contributed by atoms with Crippen molar-refractivity contribution in [2.75, 3.05) is 0 Å². The molecule has 2 rings (SSSR count). The van der Waals surface area contributed by atoms with Gasteiger partial charge in [-0.2, -0.15) is 0 Å². The largest absolute Gasteiger partial charge is 0.437 e. The van der Waals surface area contributed by atoms with Gasteiger partial charge in [0.25, 0.3) is 0 Å². The number of aliphatic hydroxyl groups excluding tert-OH is 1. The molecule has 0 aromatic carbocycles. The summed E-state index contributed by atoms with van der Waals surface area (Å²) in [5, 5.41) is 9.44. The molecule has 1 aliphatic rings. The third-order valence-corrected chi connectivity index (χ3v) is 2.44. The Morgan fingerprint density at radius 3 is 2.67 bits per heavy atom. The van der Waals surface area contributed by atoms with Crippen LogP contribution < -0.4 is 0 Å². The summed E-state index contributed by atoms with van der Waals surface area (Å²) >= 11 is 0. The second-order valence-corrected chi connectivity index (χ2v) is 5.03. The predicted octanol–water partition coefficient (Wildman–Crippen LogP) is 1.46. The quantitative estimate of drug-likeness (QED) is 0.702. The number of rotatable bonds is 0. The molecule has 0 amide bonds. The molecule has 0 saturated carbocycles. The summed E-state index contributed by atoms with van der Waals surface area (Å²) in [6.45, 7) is 5.93. The first-order valence-electron chi connectivity index (χ1n) is 5.09. The summed E-state index contributed by atoms with van der Waals surface area (Å²) in [6.07, 6.45) is -0.0465. The maximum atomic E-state index is 11.5. The topological polar surface area (TPSA) is 63.3 Å². The zero-order chi connectivity index (χ0) is 11.2. The van der Waals surface area contributed by atoms with Crippen molar-refractivity contribution in [3.05, 3.63) is 17.3 Å². The fraction of sp³-hybridized carbons (Fsp3) is 0.636. The summed E-state index contributed by atoms with van der Waals surface area (Å²) in [6, 6.07) is 0. The molecule has 1 N–H and O–H groups in total. The van der Waals surface area contributed by atoms with Crippen molar-refractivity contribution in [2.24, 2.45) is 0 Å². The Hall–Kier alpha value is -1.16. The van der Waals surface area contributed by atoms with Gasteiger partial charge >= 0.3 is 0 Å². The number of hydrogen-bond donors (Lipinski definition) is 1.